The predicted molar refractivity (Wildman–Crippen MR) is 257 cm³/mol. The zero-order valence-corrected chi connectivity index (χ0v) is 44.7. The Morgan fingerprint density at radius 3 is 1.24 bits per heavy atom. The molecule has 352 valence electrons. The zero-order valence-electron chi connectivity index (χ0n) is 40.3. The number of nitrogens with zero attached hydrogens (tertiary/aromatic N) is 2. The molecule has 0 aliphatic rings. The largest absolute Gasteiger partial charge is 1.00 e. The molecule has 0 atom stereocenters. The fourth-order valence-electron chi connectivity index (χ4n) is 6.45. The molecule has 0 bridgehead atoms. The van der Waals surface area contributed by atoms with Crippen LogP contribution in [-0.4, -0.2) is 9.38 Å². The Bertz CT molecular complexity index is 2490. The Hall–Kier alpha value is -4.17. The molecule has 6 aromatic rings. The smallest absolute Gasteiger partial charge is 1.00 e. The molecule has 0 unspecified atom stereocenters. The van der Waals surface area contributed by atoms with Crippen molar-refractivity contribution in [2.45, 2.75) is 124 Å². The molecule has 1 aromatic heterocycles. The summed E-state index contributed by atoms with van der Waals surface area (Å²) in [7, 11) is 0. The first-order valence-corrected chi connectivity index (χ1v) is 24.2. The van der Waals surface area contributed by atoms with Crippen LogP contribution < -0.4 is 17.5 Å². The van der Waals surface area contributed by atoms with E-state index in [0.29, 0.717) is 0 Å². The molecule has 11 heteroatoms. The number of rotatable bonds is 5. The van der Waals surface area contributed by atoms with Gasteiger partial charge in [0.05, 0.1) is 0 Å². The number of halogens is 7. The maximum Gasteiger partial charge on any atom is -1.00 e. The molecule has 0 saturated carbocycles. The molecule has 3 nitrogen and oxygen atoms in total. The summed E-state index contributed by atoms with van der Waals surface area (Å²) in [5.41, 5.74) is 8.06. The van der Waals surface area contributed by atoms with Gasteiger partial charge in [0.15, 0.2) is 0 Å². The van der Waals surface area contributed by atoms with Gasteiger partial charge in [-0.25, -0.2) is 0 Å². The normalized spacial score (nSPS) is 11.8. The minimum Gasteiger partial charge on any atom is -1.00 e. The van der Waals surface area contributed by atoms with E-state index in [-0.39, 0.29) is 39.8 Å². The monoisotopic (exact) mass is 1070 g/mol. The SMILES string of the molecule is Brc1cccnc1.CC(C)(C)c1cc(-c2cccc(-c3cc(C(C)(C)C)cc(C(C)(C)C)c3)c2[O-])cc(C(C)(C)C)c1.CC(C)([CH]=[Mo+2]=[N]c1c(F)c(F)c(F)c(F)c1F)c1ccccc1.[Cl-]. The fraction of sp³-hybridized carbons (Fsp3) is 0.345. The molecule has 0 aliphatic heterocycles. The van der Waals surface area contributed by atoms with Gasteiger partial charge in [-0.3, -0.25) is 4.98 Å². The third kappa shape index (κ3) is 14.7. The Kier molecular flexibility index (Phi) is 19.0. The van der Waals surface area contributed by atoms with Gasteiger partial charge in [0.1, 0.15) is 0 Å². The fourth-order valence-corrected chi connectivity index (χ4v) is 8.49. The van der Waals surface area contributed by atoms with E-state index in [9.17, 15) is 27.1 Å². The van der Waals surface area contributed by atoms with Gasteiger partial charge in [-0.2, -0.15) is 0 Å². The summed E-state index contributed by atoms with van der Waals surface area (Å²) in [6, 6.07) is 32.6. The van der Waals surface area contributed by atoms with Crippen molar-refractivity contribution in [1.82, 2.24) is 4.98 Å². The number of benzene rings is 5. The molecule has 0 spiro atoms. The average molecular weight is 1070 g/mol. The quantitative estimate of drug-likeness (QED) is 0.0748. The Balaban J connectivity index is 0.000000318. The second kappa shape index (κ2) is 22.3. The Morgan fingerprint density at radius 1 is 0.515 bits per heavy atom. The molecule has 0 radical (unpaired) electrons. The second-order valence-corrected chi connectivity index (χ2v) is 23.2. The van der Waals surface area contributed by atoms with Crippen LogP contribution in [0.3, 0.4) is 0 Å². The van der Waals surface area contributed by atoms with Crippen LogP contribution in [0.1, 0.15) is 125 Å². The van der Waals surface area contributed by atoms with Crippen molar-refractivity contribution < 1.29 is 57.4 Å². The van der Waals surface area contributed by atoms with Gasteiger partial charge in [0.2, 0.25) is 0 Å². The summed E-state index contributed by atoms with van der Waals surface area (Å²) in [4.78, 5) is 3.84. The van der Waals surface area contributed by atoms with E-state index in [4.69, 9.17) is 0 Å². The van der Waals surface area contributed by atoms with E-state index in [0.717, 1.165) is 32.3 Å². The zero-order chi connectivity index (χ0) is 48.9. The van der Waals surface area contributed by atoms with Crippen LogP contribution >= 0.6 is 15.9 Å². The van der Waals surface area contributed by atoms with Crippen molar-refractivity contribution in [2.24, 2.45) is 3.50 Å². The first kappa shape index (κ1) is 56.2. The van der Waals surface area contributed by atoms with E-state index in [1.54, 1.807) is 16.8 Å². The molecule has 66 heavy (non-hydrogen) atoms. The molecular formula is C55H61BrClF5MoN2O. The number of hydrogen-bond donors (Lipinski definition) is 0. The molecule has 5 aromatic carbocycles. The summed E-state index contributed by atoms with van der Waals surface area (Å²) in [6.45, 7) is 30.6. The first-order valence-electron chi connectivity index (χ1n) is 21.4. The van der Waals surface area contributed by atoms with Crippen LogP contribution in [-0.2, 0) is 45.0 Å². The van der Waals surface area contributed by atoms with Gasteiger partial charge in [0.25, 0.3) is 0 Å². The van der Waals surface area contributed by atoms with Crippen molar-refractivity contribution in [3.8, 4) is 28.0 Å². The first-order chi connectivity index (χ1) is 29.9. The van der Waals surface area contributed by atoms with E-state index < -0.39 is 58.1 Å². The van der Waals surface area contributed by atoms with E-state index in [1.165, 1.54) is 22.3 Å². The molecule has 1 heterocycles. The molecule has 0 fully saturated rings. The van der Waals surface area contributed by atoms with Crippen LogP contribution in [0.4, 0.5) is 27.6 Å². The van der Waals surface area contributed by atoms with Crippen LogP contribution in [0.15, 0.2) is 117 Å². The summed E-state index contributed by atoms with van der Waals surface area (Å²) < 4.78 is 72.7. The van der Waals surface area contributed by atoms with Crippen LogP contribution in [0.2, 0.25) is 0 Å². The van der Waals surface area contributed by atoms with Gasteiger partial charge in [-0.05, 0) is 94.2 Å². The summed E-state index contributed by atoms with van der Waals surface area (Å²) in [5.74, 6) is -9.80. The molecule has 0 N–H and O–H groups in total. The van der Waals surface area contributed by atoms with Gasteiger partial charge in [-0.1, -0.05) is 143 Å². The molecule has 0 aliphatic carbocycles. The van der Waals surface area contributed by atoms with Gasteiger partial charge in [-0.15, -0.1) is 0 Å². The molecular weight excluding hydrogens is 1010 g/mol. The Morgan fingerprint density at radius 2 is 0.909 bits per heavy atom. The summed E-state index contributed by atoms with van der Waals surface area (Å²) >= 11 is 1.78. The van der Waals surface area contributed by atoms with E-state index >= 15 is 0 Å². The minimum absolute atomic E-state index is 0. The van der Waals surface area contributed by atoms with Gasteiger partial charge >= 0.3 is 138 Å². The average Bonchev–Trinajstić information content (AvgIpc) is 3.23. The number of para-hydroxylation sites is 1. The standard InChI is InChI=1S/C34H46O.C10H12.C6F5N.C5H4BrN.ClH.Mo/c1-31(2,3)24-16-22(17-25(20-24)32(4,5)6)28-14-13-15-29(30(28)35)23-18-26(33(7,8)9)21-27(19-23)34(10,11)12;1-10(2,3)9-7-5-4-6-8-9;7-1-2(8)4(10)6(12)5(11)3(1)9;6-5-2-1-3-7-4-5;;/h13-21,35H,1-12H3;1,4-8H,2-3H3;;1-4H;1H;/q;;;;;+2/p-2. The third-order valence-corrected chi connectivity index (χ3v) is 13.7. The van der Waals surface area contributed by atoms with Crippen molar-refractivity contribution in [3.05, 3.63) is 171 Å². The number of hydrogen-bond acceptors (Lipinski definition) is 3. The van der Waals surface area contributed by atoms with Crippen LogP contribution in [0, 0.1) is 29.1 Å². The maximum atomic E-state index is 14.0. The predicted octanol–water partition coefficient (Wildman–Crippen LogP) is 13.2. The van der Waals surface area contributed by atoms with Crippen molar-refractivity contribution in [1.29, 1.82) is 0 Å². The van der Waals surface area contributed by atoms with Crippen molar-refractivity contribution in [2.75, 3.05) is 0 Å². The number of aromatic nitrogens is 1. The summed E-state index contributed by atoms with van der Waals surface area (Å²) in [6.07, 6.45) is 3.49. The van der Waals surface area contributed by atoms with Gasteiger partial charge < -0.3 is 17.5 Å². The molecule has 0 saturated heterocycles. The summed E-state index contributed by atoms with van der Waals surface area (Å²) in [5, 5.41) is 14.0. The number of pyridine rings is 1. The van der Waals surface area contributed by atoms with Crippen LogP contribution in [0.5, 0.6) is 5.75 Å². The molecule has 0 amide bonds. The van der Waals surface area contributed by atoms with E-state index in [2.05, 4.69) is 144 Å². The molecule has 6 rings (SSSR count). The minimum atomic E-state index is -2.17. The Labute approximate surface area is 412 Å². The van der Waals surface area contributed by atoms with E-state index in [1.807, 2.05) is 74.5 Å². The maximum absolute atomic E-state index is 14.0. The van der Waals surface area contributed by atoms with Crippen molar-refractivity contribution in [3.63, 3.8) is 0 Å². The topological polar surface area (TPSA) is 48.3 Å². The van der Waals surface area contributed by atoms with Gasteiger partial charge in [0, 0.05) is 16.9 Å². The second-order valence-electron chi connectivity index (χ2n) is 20.8. The van der Waals surface area contributed by atoms with Crippen LogP contribution in [0.25, 0.3) is 22.3 Å². The van der Waals surface area contributed by atoms with Crippen molar-refractivity contribution >= 4 is 26.0 Å². The third-order valence-electron chi connectivity index (χ3n) is 10.8.